The van der Waals surface area contributed by atoms with E-state index in [4.69, 9.17) is 19.4 Å². The van der Waals surface area contributed by atoms with E-state index < -0.39 is 0 Å². The van der Waals surface area contributed by atoms with E-state index in [9.17, 15) is 0 Å². The summed E-state index contributed by atoms with van der Waals surface area (Å²) in [4.78, 5) is 17.0. The second kappa shape index (κ2) is 10.7. The molecule has 9 rings (SSSR count). The maximum Gasteiger partial charge on any atom is 0.164 e. The number of aromatic nitrogens is 3. The molecule has 5 aromatic carbocycles. The van der Waals surface area contributed by atoms with E-state index in [0.717, 1.165) is 61.0 Å². The monoisotopic (exact) mass is 593 g/mol. The summed E-state index contributed by atoms with van der Waals surface area (Å²) in [6, 6.07) is 41.4. The summed E-state index contributed by atoms with van der Waals surface area (Å²) >= 11 is 0. The summed E-state index contributed by atoms with van der Waals surface area (Å²) in [5.41, 5.74) is 9.01. The molecule has 2 aliphatic heterocycles. The molecule has 0 fully saturated rings. The van der Waals surface area contributed by atoms with Crippen molar-refractivity contribution in [3.8, 4) is 45.3 Å². The summed E-state index contributed by atoms with van der Waals surface area (Å²) in [5, 5.41) is 5.80. The topological polar surface area (TPSA) is 67.1 Å². The first-order valence-electron chi connectivity index (χ1n) is 15.3. The van der Waals surface area contributed by atoms with Gasteiger partial charge in [-0.25, -0.2) is 15.0 Å². The fourth-order valence-electron chi connectivity index (χ4n) is 6.13. The van der Waals surface area contributed by atoms with Gasteiger partial charge in [0.2, 0.25) is 0 Å². The summed E-state index contributed by atoms with van der Waals surface area (Å²) in [5.74, 6) is 1.90. The van der Waals surface area contributed by atoms with Gasteiger partial charge in [0, 0.05) is 39.9 Å². The lowest BCUT2D eigenvalue weighted by Gasteiger charge is -2.20. The van der Waals surface area contributed by atoms with E-state index in [1.165, 1.54) is 0 Å². The highest BCUT2D eigenvalue weighted by atomic mass is 16.3. The summed E-state index contributed by atoms with van der Waals surface area (Å²) < 4.78 is 6.03. The highest BCUT2D eigenvalue weighted by Crippen LogP contribution is 2.33. The number of rotatable bonds is 5. The van der Waals surface area contributed by atoms with E-state index in [2.05, 4.69) is 101 Å². The van der Waals surface area contributed by atoms with Gasteiger partial charge in [0.15, 0.2) is 17.5 Å². The Kier molecular flexibility index (Phi) is 6.09. The van der Waals surface area contributed by atoms with Crippen molar-refractivity contribution in [1.82, 2.24) is 25.2 Å². The van der Waals surface area contributed by atoms with Crippen LogP contribution >= 0.6 is 0 Å². The fourth-order valence-corrected chi connectivity index (χ4v) is 6.13. The first-order chi connectivity index (χ1) is 22.7. The molecule has 0 saturated heterocycles. The van der Waals surface area contributed by atoms with Gasteiger partial charge in [-0.1, -0.05) is 109 Å². The maximum absolute atomic E-state index is 6.03. The van der Waals surface area contributed by atoms with Crippen LogP contribution in [0.25, 0.3) is 72.9 Å². The van der Waals surface area contributed by atoms with Crippen molar-refractivity contribution in [2.45, 2.75) is 6.17 Å². The molecule has 0 bridgehead atoms. The Labute approximate surface area is 265 Å². The lowest BCUT2D eigenvalue weighted by molar-refractivity contribution is 0.427. The van der Waals surface area contributed by atoms with Gasteiger partial charge >= 0.3 is 0 Å². The van der Waals surface area contributed by atoms with Crippen LogP contribution in [0, 0.1) is 0 Å². The molecular weight excluding hydrogens is 566 g/mol. The highest BCUT2D eigenvalue weighted by Gasteiger charge is 2.22. The van der Waals surface area contributed by atoms with Crippen LogP contribution in [0.2, 0.25) is 0 Å². The molecule has 1 N–H and O–H groups in total. The van der Waals surface area contributed by atoms with E-state index in [1.807, 2.05) is 60.7 Å². The summed E-state index contributed by atoms with van der Waals surface area (Å²) in [6.45, 7) is 0. The average molecular weight is 594 g/mol. The normalized spacial score (nSPS) is 15.3. The molecule has 218 valence electrons. The third-order valence-corrected chi connectivity index (χ3v) is 8.54. The zero-order valence-electron chi connectivity index (χ0n) is 24.7. The zero-order chi connectivity index (χ0) is 30.5. The van der Waals surface area contributed by atoms with E-state index in [1.54, 1.807) is 0 Å². The first kappa shape index (κ1) is 26.2. The first-order valence-corrected chi connectivity index (χ1v) is 15.3. The van der Waals surface area contributed by atoms with Crippen LogP contribution in [0.1, 0.15) is 5.56 Å². The number of allylic oxidation sites excluding steroid dienone is 2. The molecule has 0 saturated carbocycles. The molecule has 6 nitrogen and oxygen atoms in total. The number of fused-ring (bicyclic) bond motifs is 4. The molecule has 1 unspecified atom stereocenters. The van der Waals surface area contributed by atoms with Crippen molar-refractivity contribution < 1.29 is 4.42 Å². The summed E-state index contributed by atoms with van der Waals surface area (Å²) in [6.07, 6.45) is 10.6. The molecule has 7 aromatic rings. The predicted molar refractivity (Wildman–Crippen MR) is 184 cm³/mol. The number of hydrogen-bond donors (Lipinski definition) is 1. The number of benzene rings is 5. The van der Waals surface area contributed by atoms with Crippen LogP contribution in [0.4, 0.5) is 0 Å². The Morgan fingerprint density at radius 1 is 0.522 bits per heavy atom. The van der Waals surface area contributed by atoms with Crippen LogP contribution in [-0.2, 0) is 0 Å². The van der Waals surface area contributed by atoms with E-state index in [-0.39, 0.29) is 6.17 Å². The third kappa shape index (κ3) is 4.64. The highest BCUT2D eigenvalue weighted by molar-refractivity contribution is 6.06. The van der Waals surface area contributed by atoms with E-state index >= 15 is 0 Å². The minimum atomic E-state index is 0.152. The number of furan rings is 1. The van der Waals surface area contributed by atoms with Crippen LogP contribution < -0.4 is 5.32 Å². The molecule has 2 aliphatic rings. The molecule has 1 atom stereocenters. The van der Waals surface area contributed by atoms with Crippen molar-refractivity contribution in [1.29, 1.82) is 0 Å². The second-order valence-corrected chi connectivity index (χ2v) is 11.4. The Balaban J connectivity index is 1.06. The average Bonchev–Trinajstić information content (AvgIpc) is 3.74. The summed E-state index contributed by atoms with van der Waals surface area (Å²) in [7, 11) is 0. The molecular formula is C40H27N5O. The SMILES string of the molecule is C1=CC2NC(c3ccc(-c4nc(-c5ccccc5)nc(-c5ccc(-c6ccc7oc8ccccc8c7c6)cc5)n4)cc3)=CN2C=C1. The van der Waals surface area contributed by atoms with Crippen molar-refractivity contribution in [3.63, 3.8) is 0 Å². The van der Waals surface area contributed by atoms with Crippen molar-refractivity contribution in [2.75, 3.05) is 0 Å². The molecule has 6 heteroatoms. The molecule has 0 radical (unpaired) electrons. The number of hydrogen-bond acceptors (Lipinski definition) is 6. The number of nitrogens with one attached hydrogen (secondary N) is 1. The Hall–Kier alpha value is -6.27. The van der Waals surface area contributed by atoms with Crippen molar-refractivity contribution >= 4 is 27.6 Å². The number of para-hydroxylation sites is 1. The standard InChI is InChI=1S/C40H27N5O/c1-2-8-28(9-3-1)38-42-39(44-40(43-38)30-19-15-27(16-20-30)34-25-45-23-7-6-12-37(45)41-34)29-17-13-26(14-18-29)31-21-22-36-33(24-31)32-10-4-5-11-35(32)46-36/h1-25,37,41H. The van der Waals surface area contributed by atoms with Crippen molar-refractivity contribution in [3.05, 3.63) is 158 Å². The minimum absolute atomic E-state index is 0.152. The fraction of sp³-hybridized carbons (Fsp3) is 0.0250. The lowest BCUT2D eigenvalue weighted by Crippen LogP contribution is -2.31. The molecule has 0 amide bonds. The predicted octanol–water partition coefficient (Wildman–Crippen LogP) is 9.05. The van der Waals surface area contributed by atoms with Gasteiger partial charge in [-0.2, -0.15) is 0 Å². The van der Waals surface area contributed by atoms with Gasteiger partial charge < -0.3 is 14.6 Å². The smallest absolute Gasteiger partial charge is 0.164 e. The van der Waals surface area contributed by atoms with Gasteiger partial charge in [-0.3, -0.25) is 0 Å². The van der Waals surface area contributed by atoms with E-state index in [0.29, 0.717) is 17.5 Å². The quantitative estimate of drug-likeness (QED) is 0.215. The maximum atomic E-state index is 6.03. The lowest BCUT2D eigenvalue weighted by atomic mass is 10.0. The largest absolute Gasteiger partial charge is 0.456 e. The molecule has 0 aliphatic carbocycles. The van der Waals surface area contributed by atoms with Crippen LogP contribution in [0.3, 0.4) is 0 Å². The van der Waals surface area contributed by atoms with Gasteiger partial charge in [0.05, 0.1) is 5.70 Å². The van der Waals surface area contributed by atoms with Gasteiger partial charge in [0.1, 0.15) is 17.3 Å². The Bertz CT molecular complexity index is 2330. The van der Waals surface area contributed by atoms with Gasteiger partial charge in [0.25, 0.3) is 0 Å². The number of nitrogens with zero attached hydrogens (tertiary/aromatic N) is 4. The van der Waals surface area contributed by atoms with Crippen LogP contribution in [-0.4, -0.2) is 26.0 Å². The molecule has 46 heavy (non-hydrogen) atoms. The van der Waals surface area contributed by atoms with Crippen LogP contribution in [0.15, 0.2) is 156 Å². The molecule has 2 aromatic heterocycles. The van der Waals surface area contributed by atoms with Crippen molar-refractivity contribution in [2.24, 2.45) is 0 Å². The van der Waals surface area contributed by atoms with Gasteiger partial charge in [-0.15, -0.1) is 0 Å². The molecule has 0 spiro atoms. The zero-order valence-corrected chi connectivity index (χ0v) is 24.7. The third-order valence-electron chi connectivity index (χ3n) is 8.54. The van der Waals surface area contributed by atoms with Crippen LogP contribution in [0.5, 0.6) is 0 Å². The Morgan fingerprint density at radius 2 is 1.11 bits per heavy atom. The van der Waals surface area contributed by atoms with Gasteiger partial charge in [-0.05, 0) is 47.0 Å². The Morgan fingerprint density at radius 3 is 1.83 bits per heavy atom. The molecule has 4 heterocycles. The second-order valence-electron chi connectivity index (χ2n) is 11.4. The minimum Gasteiger partial charge on any atom is -0.456 e.